The van der Waals surface area contributed by atoms with Gasteiger partial charge in [0.05, 0.1) is 12.6 Å². The van der Waals surface area contributed by atoms with Crippen molar-refractivity contribution >= 4 is 5.91 Å². The van der Waals surface area contributed by atoms with Gasteiger partial charge in [-0.05, 0) is 13.3 Å². The molecule has 2 aliphatic heterocycles. The summed E-state index contributed by atoms with van der Waals surface area (Å²) in [5.74, 6) is -0.00685. The maximum absolute atomic E-state index is 13.8. The number of likely N-dealkylation sites (tertiary alicyclic amines) is 1. The van der Waals surface area contributed by atoms with Crippen molar-refractivity contribution in [2.45, 2.75) is 31.7 Å². The van der Waals surface area contributed by atoms with E-state index in [-0.39, 0.29) is 24.6 Å². The Balaban J connectivity index is 1.85. The first-order valence-electron chi connectivity index (χ1n) is 6.21. The summed E-state index contributed by atoms with van der Waals surface area (Å²) in [6.45, 7) is 4.39. The number of nitrogens with one attached hydrogen (secondary N) is 2. The van der Waals surface area contributed by atoms with Crippen molar-refractivity contribution in [3.63, 3.8) is 0 Å². The second-order valence-corrected chi connectivity index (χ2v) is 4.47. The van der Waals surface area contributed by atoms with Crippen LogP contribution in [0.2, 0.25) is 0 Å². The lowest BCUT2D eigenvalue weighted by Crippen LogP contribution is -2.53. The average molecular weight is 245 g/mol. The number of ether oxygens (including phenoxy) is 1. The number of halogens is 1. The molecule has 98 valence electrons. The predicted octanol–water partition coefficient (Wildman–Crippen LogP) is -0.519. The summed E-state index contributed by atoms with van der Waals surface area (Å²) in [5.41, 5.74) is 0. The fourth-order valence-electron chi connectivity index (χ4n) is 2.36. The lowest BCUT2D eigenvalue weighted by molar-refractivity contribution is -0.138. The highest BCUT2D eigenvalue weighted by Crippen LogP contribution is 2.18. The van der Waals surface area contributed by atoms with Gasteiger partial charge in [-0.25, -0.2) is 4.39 Å². The molecule has 2 N–H and O–H groups in total. The Morgan fingerprint density at radius 1 is 1.59 bits per heavy atom. The van der Waals surface area contributed by atoms with Gasteiger partial charge in [-0.1, -0.05) is 0 Å². The Kier molecular flexibility index (Phi) is 4.31. The first kappa shape index (κ1) is 12.7. The number of hydrogen-bond donors (Lipinski definition) is 2. The highest BCUT2D eigenvalue weighted by Gasteiger charge is 2.35. The SMILES string of the molecule is CCO[C@H]1CCN(C(=O)C2CNCN2)C[C@H]1F. The van der Waals surface area contributed by atoms with Gasteiger partial charge in [0.15, 0.2) is 0 Å². The van der Waals surface area contributed by atoms with Crippen LogP contribution in [0.5, 0.6) is 0 Å². The predicted molar refractivity (Wildman–Crippen MR) is 61.3 cm³/mol. The number of hydrogen-bond acceptors (Lipinski definition) is 4. The molecule has 0 aromatic carbocycles. The molecule has 2 heterocycles. The monoisotopic (exact) mass is 245 g/mol. The van der Waals surface area contributed by atoms with E-state index in [1.807, 2.05) is 6.92 Å². The van der Waals surface area contributed by atoms with Crippen LogP contribution < -0.4 is 10.6 Å². The van der Waals surface area contributed by atoms with Crippen LogP contribution >= 0.6 is 0 Å². The Hall–Kier alpha value is -0.720. The molecule has 2 saturated heterocycles. The summed E-state index contributed by atoms with van der Waals surface area (Å²) in [6.07, 6.45) is -0.832. The minimum atomic E-state index is -1.07. The van der Waals surface area contributed by atoms with Crippen LogP contribution in [0.1, 0.15) is 13.3 Å². The minimum absolute atomic E-state index is 0.00685. The van der Waals surface area contributed by atoms with Crippen LogP contribution in [0.15, 0.2) is 0 Å². The number of alkyl halides is 1. The quantitative estimate of drug-likeness (QED) is 0.702. The van der Waals surface area contributed by atoms with Crippen LogP contribution in [0.25, 0.3) is 0 Å². The number of carbonyl (C=O) groups excluding carboxylic acids is 1. The van der Waals surface area contributed by atoms with Crippen molar-refractivity contribution < 1.29 is 13.9 Å². The first-order chi connectivity index (χ1) is 8.22. The summed E-state index contributed by atoms with van der Waals surface area (Å²) in [7, 11) is 0. The Labute approximate surface area is 101 Å². The van der Waals surface area contributed by atoms with Gasteiger partial charge in [-0.2, -0.15) is 0 Å². The normalized spacial score (nSPS) is 34.0. The third-order valence-electron chi connectivity index (χ3n) is 3.29. The Morgan fingerprint density at radius 3 is 3.00 bits per heavy atom. The average Bonchev–Trinajstić information content (AvgIpc) is 2.84. The van der Waals surface area contributed by atoms with Crippen molar-refractivity contribution in [3.8, 4) is 0 Å². The second kappa shape index (κ2) is 5.75. The third-order valence-corrected chi connectivity index (χ3v) is 3.29. The highest BCUT2D eigenvalue weighted by molar-refractivity contribution is 5.82. The molecule has 2 rings (SSSR count). The van der Waals surface area contributed by atoms with E-state index in [2.05, 4.69) is 10.6 Å². The molecular weight excluding hydrogens is 225 g/mol. The van der Waals surface area contributed by atoms with Crippen molar-refractivity contribution in [1.82, 2.24) is 15.5 Å². The smallest absolute Gasteiger partial charge is 0.241 e. The van der Waals surface area contributed by atoms with E-state index >= 15 is 0 Å². The van der Waals surface area contributed by atoms with E-state index in [4.69, 9.17) is 4.74 Å². The molecule has 17 heavy (non-hydrogen) atoms. The molecular formula is C11H20FN3O2. The fraction of sp³-hybridized carbons (Fsp3) is 0.909. The molecule has 0 saturated carbocycles. The zero-order chi connectivity index (χ0) is 12.3. The molecule has 0 bridgehead atoms. The van der Waals surface area contributed by atoms with Crippen LogP contribution in [0.3, 0.4) is 0 Å². The van der Waals surface area contributed by atoms with Gasteiger partial charge in [0.2, 0.25) is 5.91 Å². The van der Waals surface area contributed by atoms with E-state index in [0.717, 1.165) is 0 Å². The molecule has 1 unspecified atom stereocenters. The molecule has 0 spiro atoms. The molecule has 1 amide bonds. The summed E-state index contributed by atoms with van der Waals surface area (Å²) < 4.78 is 19.1. The standard InChI is InChI=1S/C11H20FN3O2/c1-2-17-10-3-4-15(6-8(10)12)11(16)9-5-13-7-14-9/h8-10,13-14H,2-7H2,1H3/t8-,9?,10+/m1/s1. The molecule has 6 heteroatoms. The molecule has 0 aliphatic carbocycles. The number of nitrogens with zero attached hydrogens (tertiary/aromatic N) is 1. The summed E-state index contributed by atoms with van der Waals surface area (Å²) >= 11 is 0. The van der Waals surface area contributed by atoms with Gasteiger partial charge < -0.3 is 15.0 Å². The summed E-state index contributed by atoms with van der Waals surface area (Å²) in [4.78, 5) is 13.6. The number of amides is 1. The molecule has 5 nitrogen and oxygen atoms in total. The van der Waals surface area contributed by atoms with Gasteiger partial charge in [0, 0.05) is 26.4 Å². The van der Waals surface area contributed by atoms with Crippen molar-refractivity contribution in [3.05, 3.63) is 0 Å². The number of rotatable bonds is 3. The maximum Gasteiger partial charge on any atom is 0.241 e. The zero-order valence-electron chi connectivity index (χ0n) is 10.1. The molecule has 0 radical (unpaired) electrons. The largest absolute Gasteiger partial charge is 0.375 e. The summed E-state index contributed by atoms with van der Waals surface area (Å²) in [5, 5.41) is 6.10. The molecule has 0 aromatic rings. The van der Waals surface area contributed by atoms with E-state index in [1.165, 1.54) is 0 Å². The zero-order valence-corrected chi connectivity index (χ0v) is 10.1. The maximum atomic E-state index is 13.8. The molecule has 3 atom stereocenters. The topological polar surface area (TPSA) is 53.6 Å². The third kappa shape index (κ3) is 2.94. The first-order valence-corrected chi connectivity index (χ1v) is 6.21. The summed E-state index contributed by atoms with van der Waals surface area (Å²) in [6, 6.07) is -0.203. The van der Waals surface area contributed by atoms with Crippen LogP contribution in [0, 0.1) is 0 Å². The fourth-order valence-corrected chi connectivity index (χ4v) is 2.36. The van der Waals surface area contributed by atoms with E-state index in [9.17, 15) is 9.18 Å². The van der Waals surface area contributed by atoms with Crippen LogP contribution in [-0.2, 0) is 9.53 Å². The van der Waals surface area contributed by atoms with Gasteiger partial charge >= 0.3 is 0 Å². The molecule has 0 aromatic heterocycles. The molecule has 2 aliphatic rings. The van der Waals surface area contributed by atoms with E-state index in [0.29, 0.717) is 32.8 Å². The highest BCUT2D eigenvalue weighted by atomic mass is 19.1. The van der Waals surface area contributed by atoms with Gasteiger partial charge in [-0.15, -0.1) is 0 Å². The molecule has 2 fully saturated rings. The number of piperidine rings is 1. The Morgan fingerprint density at radius 2 is 2.41 bits per heavy atom. The van der Waals surface area contributed by atoms with Crippen molar-refractivity contribution in [2.75, 3.05) is 32.9 Å². The van der Waals surface area contributed by atoms with Gasteiger partial charge in [-0.3, -0.25) is 10.1 Å². The van der Waals surface area contributed by atoms with E-state index in [1.54, 1.807) is 4.90 Å². The van der Waals surface area contributed by atoms with Gasteiger partial charge in [0.1, 0.15) is 12.2 Å². The lowest BCUT2D eigenvalue weighted by Gasteiger charge is -2.35. The van der Waals surface area contributed by atoms with Crippen molar-refractivity contribution in [1.29, 1.82) is 0 Å². The lowest BCUT2D eigenvalue weighted by atomic mass is 10.0. The minimum Gasteiger partial charge on any atom is -0.375 e. The van der Waals surface area contributed by atoms with Crippen LogP contribution in [0.4, 0.5) is 4.39 Å². The Bertz CT molecular complexity index is 271. The van der Waals surface area contributed by atoms with Crippen LogP contribution in [-0.4, -0.2) is 62.0 Å². The van der Waals surface area contributed by atoms with Crippen molar-refractivity contribution in [2.24, 2.45) is 0 Å². The number of carbonyl (C=O) groups is 1. The van der Waals surface area contributed by atoms with Gasteiger partial charge in [0.25, 0.3) is 0 Å². The van der Waals surface area contributed by atoms with E-state index < -0.39 is 6.17 Å². The second-order valence-electron chi connectivity index (χ2n) is 4.47.